The monoisotopic (exact) mass is 481 g/mol. The van der Waals surface area contributed by atoms with Gasteiger partial charge in [0.1, 0.15) is 11.4 Å². The van der Waals surface area contributed by atoms with Crippen LogP contribution < -0.4 is 4.74 Å². The molecular weight excluding hydrogens is 459 g/mol. The molecule has 176 valence electrons. The highest BCUT2D eigenvalue weighted by Gasteiger charge is 2.39. The first kappa shape index (κ1) is 23.1. The van der Waals surface area contributed by atoms with E-state index in [1.165, 1.54) is 4.90 Å². The topological polar surface area (TPSA) is 81.0 Å². The fourth-order valence-corrected chi connectivity index (χ4v) is 4.42. The molecule has 1 saturated heterocycles. The Bertz CT molecular complexity index is 1270. The van der Waals surface area contributed by atoms with Crippen molar-refractivity contribution in [3.05, 3.63) is 60.0 Å². The van der Waals surface area contributed by atoms with Gasteiger partial charge in [-0.2, -0.15) is 13.2 Å². The van der Waals surface area contributed by atoms with Gasteiger partial charge < -0.3 is 14.0 Å². The second-order valence-corrected chi connectivity index (χ2v) is 10.1. The molecule has 1 aliphatic heterocycles. The van der Waals surface area contributed by atoms with Crippen LogP contribution in [-0.4, -0.2) is 60.2 Å². The predicted molar refractivity (Wildman–Crippen MR) is 114 cm³/mol. The van der Waals surface area contributed by atoms with Crippen molar-refractivity contribution < 1.29 is 31.1 Å². The van der Waals surface area contributed by atoms with Gasteiger partial charge in [0.05, 0.1) is 16.2 Å². The first-order chi connectivity index (χ1) is 15.4. The lowest BCUT2D eigenvalue weighted by Crippen LogP contribution is -2.33. The van der Waals surface area contributed by atoms with Crippen molar-refractivity contribution in [2.24, 2.45) is 0 Å². The minimum Gasteiger partial charge on any atom is -0.480 e. The number of carbonyl (C=O) groups excluding carboxylic acids is 1. The molecular formula is C22H22F3N3O4S. The highest BCUT2D eigenvalue weighted by Crippen LogP contribution is 2.33. The van der Waals surface area contributed by atoms with E-state index in [2.05, 4.69) is 4.98 Å². The van der Waals surface area contributed by atoms with Crippen molar-refractivity contribution in [3.63, 3.8) is 0 Å². The van der Waals surface area contributed by atoms with Crippen LogP contribution in [0.4, 0.5) is 13.2 Å². The number of ether oxygens (including phenoxy) is 1. The molecule has 1 aliphatic rings. The molecule has 0 N–H and O–H groups in total. The highest BCUT2D eigenvalue weighted by molar-refractivity contribution is 7.90. The van der Waals surface area contributed by atoms with E-state index in [1.54, 1.807) is 0 Å². The van der Waals surface area contributed by atoms with Crippen LogP contribution in [0, 0.1) is 0 Å². The van der Waals surface area contributed by atoms with Gasteiger partial charge in [-0.3, -0.25) is 4.79 Å². The third kappa shape index (κ3) is 4.82. The van der Waals surface area contributed by atoms with E-state index in [1.807, 2.05) is 35.0 Å². The number of fused-ring (bicyclic) bond motifs is 1. The molecule has 0 saturated carbocycles. The quantitative estimate of drug-likeness (QED) is 0.555. The molecule has 0 radical (unpaired) electrons. The van der Waals surface area contributed by atoms with Crippen LogP contribution in [0.2, 0.25) is 0 Å². The van der Waals surface area contributed by atoms with Crippen molar-refractivity contribution in [1.82, 2.24) is 14.3 Å². The molecule has 3 heterocycles. The normalized spacial score (nSPS) is 18.0. The molecule has 1 aromatic carbocycles. The molecule has 3 aromatic rings. The Balaban J connectivity index is 1.62. The second-order valence-electron chi connectivity index (χ2n) is 8.10. The molecule has 2 aromatic heterocycles. The number of carbonyl (C=O) groups is 1. The third-order valence-electron chi connectivity index (χ3n) is 5.65. The summed E-state index contributed by atoms with van der Waals surface area (Å²) in [5.74, 6) is -0.949. The van der Waals surface area contributed by atoms with Crippen LogP contribution in [0.15, 0.2) is 53.7 Å². The van der Waals surface area contributed by atoms with E-state index in [9.17, 15) is 26.4 Å². The van der Waals surface area contributed by atoms with E-state index in [-0.39, 0.29) is 22.1 Å². The Morgan fingerprint density at radius 2 is 2.00 bits per heavy atom. The lowest BCUT2D eigenvalue weighted by Gasteiger charge is -2.22. The molecule has 7 nitrogen and oxygen atoms in total. The zero-order valence-electron chi connectivity index (χ0n) is 17.9. The van der Waals surface area contributed by atoms with Crippen LogP contribution in [0.5, 0.6) is 5.75 Å². The maximum Gasteiger partial charge on any atom is 0.425 e. The summed E-state index contributed by atoms with van der Waals surface area (Å²) < 4.78 is 70.0. The number of likely N-dealkylation sites (tertiary alicyclic amines) is 1. The third-order valence-corrected chi connectivity index (χ3v) is 6.76. The van der Waals surface area contributed by atoms with E-state index in [0.29, 0.717) is 19.5 Å². The van der Waals surface area contributed by atoms with E-state index in [4.69, 9.17) is 4.74 Å². The fraction of sp³-hybridized carbons (Fsp3) is 0.364. The van der Waals surface area contributed by atoms with Crippen LogP contribution in [-0.2, 0) is 9.84 Å². The molecule has 11 heteroatoms. The largest absolute Gasteiger partial charge is 0.480 e. The summed E-state index contributed by atoms with van der Waals surface area (Å²) in [5.41, 5.74) is 1.36. The fourth-order valence-electron chi connectivity index (χ4n) is 3.77. The smallest absolute Gasteiger partial charge is 0.425 e. The van der Waals surface area contributed by atoms with Gasteiger partial charge in [-0.1, -0.05) is 6.07 Å². The molecule has 33 heavy (non-hydrogen) atoms. The lowest BCUT2D eigenvalue weighted by molar-refractivity contribution is -0.189. The van der Waals surface area contributed by atoms with Crippen molar-refractivity contribution in [2.45, 2.75) is 36.4 Å². The summed E-state index contributed by atoms with van der Waals surface area (Å²) in [5, 5.41) is 0. The van der Waals surface area contributed by atoms with Crippen LogP contribution >= 0.6 is 0 Å². The first-order valence-corrected chi connectivity index (χ1v) is 12.1. The van der Waals surface area contributed by atoms with Crippen molar-refractivity contribution in [2.75, 3.05) is 19.3 Å². The van der Waals surface area contributed by atoms with Gasteiger partial charge in [-0.25, -0.2) is 13.4 Å². The number of imidazole rings is 1. The highest BCUT2D eigenvalue weighted by atomic mass is 32.2. The maximum atomic E-state index is 13.3. The number of alkyl halides is 3. The first-order valence-electron chi connectivity index (χ1n) is 10.2. The molecule has 4 rings (SSSR count). The number of hydrogen-bond donors (Lipinski definition) is 0. The number of sulfone groups is 1. The van der Waals surface area contributed by atoms with Crippen molar-refractivity contribution in [1.29, 1.82) is 0 Å². The molecule has 2 atom stereocenters. The van der Waals surface area contributed by atoms with Crippen LogP contribution in [0.25, 0.3) is 5.65 Å². The average Bonchev–Trinajstić information content (AvgIpc) is 3.39. The minimum absolute atomic E-state index is 0.0505. The van der Waals surface area contributed by atoms with Gasteiger partial charge in [-0.15, -0.1) is 0 Å². The molecule has 0 bridgehead atoms. The summed E-state index contributed by atoms with van der Waals surface area (Å²) in [7, 11) is -3.69. The Morgan fingerprint density at radius 3 is 2.67 bits per heavy atom. The molecule has 0 aliphatic carbocycles. The minimum atomic E-state index is -4.64. The SMILES string of the molecule is C[C@H](Oc1ccc(S(C)(=O)=O)cc1C(=O)N1CCC(c2cn3ccccc3n2)C1)C(F)(F)F. The number of halogens is 3. The van der Waals surface area contributed by atoms with Crippen molar-refractivity contribution in [3.8, 4) is 5.75 Å². The molecule has 0 spiro atoms. The Morgan fingerprint density at radius 1 is 1.24 bits per heavy atom. The van der Waals surface area contributed by atoms with Gasteiger partial charge in [0, 0.05) is 37.7 Å². The van der Waals surface area contributed by atoms with Gasteiger partial charge in [0.15, 0.2) is 15.9 Å². The van der Waals surface area contributed by atoms with Gasteiger partial charge in [-0.05, 0) is 43.7 Å². The van der Waals surface area contributed by atoms with Crippen molar-refractivity contribution >= 4 is 21.4 Å². The summed E-state index contributed by atoms with van der Waals surface area (Å²) >= 11 is 0. The van der Waals surface area contributed by atoms with E-state index < -0.39 is 28.0 Å². The zero-order chi connectivity index (χ0) is 24.0. The summed E-state index contributed by atoms with van der Waals surface area (Å²) in [6.45, 7) is 1.49. The van der Waals surface area contributed by atoms with Gasteiger partial charge >= 0.3 is 6.18 Å². The zero-order valence-corrected chi connectivity index (χ0v) is 18.7. The number of pyridine rings is 1. The number of benzene rings is 1. The summed E-state index contributed by atoms with van der Waals surface area (Å²) in [6.07, 6.45) is -1.47. The van der Waals surface area contributed by atoms with Crippen LogP contribution in [0.1, 0.15) is 35.3 Å². The lowest BCUT2D eigenvalue weighted by atomic mass is 10.1. The number of rotatable bonds is 5. The number of aromatic nitrogens is 2. The number of hydrogen-bond acceptors (Lipinski definition) is 5. The Labute approximate surface area is 188 Å². The molecule has 1 fully saturated rings. The Hall–Kier alpha value is -3.08. The van der Waals surface area contributed by atoms with E-state index >= 15 is 0 Å². The molecule has 1 unspecified atom stereocenters. The second kappa shape index (κ2) is 8.36. The number of amides is 1. The maximum absolute atomic E-state index is 13.3. The number of nitrogens with zero attached hydrogens (tertiary/aromatic N) is 3. The Kier molecular flexibility index (Phi) is 5.85. The van der Waals surface area contributed by atoms with E-state index in [0.717, 1.165) is 42.7 Å². The van der Waals surface area contributed by atoms with Gasteiger partial charge in [0.2, 0.25) is 0 Å². The predicted octanol–water partition coefficient (Wildman–Crippen LogP) is 3.70. The molecule has 1 amide bonds. The van der Waals surface area contributed by atoms with Gasteiger partial charge in [0.25, 0.3) is 5.91 Å². The standard InChI is InChI=1S/C22H22F3N3O4S/c1-14(22(23,24)25)32-19-7-6-16(33(2,30)31)11-17(19)21(29)28-10-8-15(12-28)18-13-27-9-4-3-5-20(27)26-18/h3-7,9,11,13-15H,8,10,12H2,1-2H3/t14-,15?/m0/s1. The average molecular weight is 481 g/mol. The summed E-state index contributed by atoms with van der Waals surface area (Å²) in [4.78, 5) is 19.2. The van der Waals surface area contributed by atoms with Crippen LogP contribution in [0.3, 0.4) is 0 Å². The summed E-state index contributed by atoms with van der Waals surface area (Å²) in [6, 6.07) is 8.92.